The van der Waals surface area contributed by atoms with E-state index in [1.807, 2.05) is 18.2 Å². The number of nitrogens with two attached hydrogens (primary N) is 1. The van der Waals surface area contributed by atoms with Gasteiger partial charge in [0.1, 0.15) is 11.3 Å². The van der Waals surface area contributed by atoms with Crippen LogP contribution in [0.4, 0.5) is 0 Å². The van der Waals surface area contributed by atoms with Crippen molar-refractivity contribution in [3.05, 3.63) is 35.6 Å². The molecular weight excluding hydrogens is 226 g/mol. The Hall–Kier alpha value is -1.32. The summed E-state index contributed by atoms with van der Waals surface area (Å²) in [7, 11) is 0. The molecule has 96 valence electrons. The summed E-state index contributed by atoms with van der Waals surface area (Å²) in [6, 6.07) is 8.04. The van der Waals surface area contributed by atoms with E-state index in [1.165, 1.54) is 19.3 Å². The third kappa shape index (κ3) is 2.42. The van der Waals surface area contributed by atoms with Crippen molar-refractivity contribution in [2.24, 2.45) is 11.7 Å². The standard InChI is InChI=1S/C15H19NO2/c16-9-15-13(10-17-8-7-11-5-6-11)12-3-1-2-4-14(12)18-15/h1-4,11H,5-10,16H2. The first-order valence-electron chi connectivity index (χ1n) is 6.65. The number of hydrogen-bond donors (Lipinski definition) is 1. The van der Waals surface area contributed by atoms with Crippen LogP contribution in [-0.2, 0) is 17.9 Å². The van der Waals surface area contributed by atoms with Crippen molar-refractivity contribution in [2.75, 3.05) is 6.61 Å². The van der Waals surface area contributed by atoms with Gasteiger partial charge in [0.15, 0.2) is 0 Å². The van der Waals surface area contributed by atoms with E-state index < -0.39 is 0 Å². The molecule has 2 aromatic rings. The van der Waals surface area contributed by atoms with Crippen LogP contribution in [0.2, 0.25) is 0 Å². The second-order valence-electron chi connectivity index (χ2n) is 4.99. The molecular formula is C15H19NO2. The van der Waals surface area contributed by atoms with E-state index in [2.05, 4.69) is 6.07 Å². The lowest BCUT2D eigenvalue weighted by Gasteiger charge is -2.04. The van der Waals surface area contributed by atoms with Gasteiger partial charge in [0.05, 0.1) is 13.2 Å². The van der Waals surface area contributed by atoms with E-state index in [4.69, 9.17) is 14.9 Å². The molecule has 3 heteroatoms. The van der Waals surface area contributed by atoms with Crippen LogP contribution in [0.3, 0.4) is 0 Å². The van der Waals surface area contributed by atoms with Gasteiger partial charge in [0, 0.05) is 17.6 Å². The number of ether oxygens (including phenoxy) is 1. The molecule has 0 aliphatic heterocycles. The lowest BCUT2D eigenvalue weighted by atomic mass is 10.1. The number of rotatable bonds is 6. The average Bonchev–Trinajstić information content (AvgIpc) is 3.15. The second-order valence-corrected chi connectivity index (χ2v) is 4.99. The Balaban J connectivity index is 1.71. The summed E-state index contributed by atoms with van der Waals surface area (Å²) < 4.78 is 11.5. The highest BCUT2D eigenvalue weighted by Gasteiger charge is 2.20. The summed E-state index contributed by atoms with van der Waals surface area (Å²) in [5, 5.41) is 1.13. The predicted molar refractivity (Wildman–Crippen MR) is 71.1 cm³/mol. The molecule has 1 aliphatic rings. The van der Waals surface area contributed by atoms with Crippen LogP contribution >= 0.6 is 0 Å². The molecule has 3 rings (SSSR count). The van der Waals surface area contributed by atoms with Gasteiger partial charge < -0.3 is 14.9 Å². The van der Waals surface area contributed by atoms with Gasteiger partial charge >= 0.3 is 0 Å². The average molecular weight is 245 g/mol. The number of furan rings is 1. The van der Waals surface area contributed by atoms with E-state index in [-0.39, 0.29) is 0 Å². The fourth-order valence-electron chi connectivity index (χ4n) is 2.30. The third-order valence-electron chi connectivity index (χ3n) is 3.58. The number of fused-ring (bicyclic) bond motifs is 1. The largest absolute Gasteiger partial charge is 0.459 e. The van der Waals surface area contributed by atoms with Gasteiger partial charge in [-0.05, 0) is 18.4 Å². The summed E-state index contributed by atoms with van der Waals surface area (Å²) in [4.78, 5) is 0. The molecule has 3 nitrogen and oxygen atoms in total. The summed E-state index contributed by atoms with van der Waals surface area (Å²) >= 11 is 0. The SMILES string of the molecule is NCc1oc2ccccc2c1COCCC1CC1. The Morgan fingerprint density at radius 2 is 2.11 bits per heavy atom. The first kappa shape index (κ1) is 11.8. The molecule has 1 aliphatic carbocycles. The van der Waals surface area contributed by atoms with Crippen LogP contribution in [0, 0.1) is 5.92 Å². The van der Waals surface area contributed by atoms with Gasteiger partial charge in [0.2, 0.25) is 0 Å². The molecule has 1 heterocycles. The molecule has 1 aromatic heterocycles. The Morgan fingerprint density at radius 3 is 2.89 bits per heavy atom. The van der Waals surface area contributed by atoms with Crippen LogP contribution in [0.15, 0.2) is 28.7 Å². The van der Waals surface area contributed by atoms with Crippen molar-refractivity contribution in [3.63, 3.8) is 0 Å². The van der Waals surface area contributed by atoms with Gasteiger partial charge in [-0.15, -0.1) is 0 Å². The summed E-state index contributed by atoms with van der Waals surface area (Å²) in [6.45, 7) is 1.88. The van der Waals surface area contributed by atoms with Gasteiger partial charge in [0.25, 0.3) is 0 Å². The zero-order chi connectivity index (χ0) is 12.4. The van der Waals surface area contributed by atoms with Crippen molar-refractivity contribution in [1.82, 2.24) is 0 Å². The molecule has 0 unspecified atom stereocenters. The van der Waals surface area contributed by atoms with Crippen LogP contribution in [0.1, 0.15) is 30.6 Å². The molecule has 0 spiro atoms. The van der Waals surface area contributed by atoms with Crippen molar-refractivity contribution < 1.29 is 9.15 Å². The topological polar surface area (TPSA) is 48.4 Å². The predicted octanol–water partition coefficient (Wildman–Crippen LogP) is 3.21. The molecule has 2 N–H and O–H groups in total. The number of para-hydroxylation sites is 1. The smallest absolute Gasteiger partial charge is 0.134 e. The maximum atomic E-state index is 5.76. The molecule has 1 aromatic carbocycles. The van der Waals surface area contributed by atoms with E-state index in [9.17, 15) is 0 Å². The minimum Gasteiger partial charge on any atom is -0.459 e. The molecule has 1 saturated carbocycles. The van der Waals surface area contributed by atoms with Crippen molar-refractivity contribution in [2.45, 2.75) is 32.4 Å². The first-order valence-corrected chi connectivity index (χ1v) is 6.65. The highest BCUT2D eigenvalue weighted by atomic mass is 16.5. The summed E-state index contributed by atoms with van der Waals surface area (Å²) in [6.07, 6.45) is 3.95. The molecule has 1 fully saturated rings. The van der Waals surface area contributed by atoms with Crippen LogP contribution in [0.5, 0.6) is 0 Å². The van der Waals surface area contributed by atoms with Crippen LogP contribution in [0.25, 0.3) is 11.0 Å². The Kier molecular flexibility index (Phi) is 3.35. The van der Waals surface area contributed by atoms with Gasteiger partial charge in [-0.1, -0.05) is 31.0 Å². The Bertz CT molecular complexity index is 528. The zero-order valence-electron chi connectivity index (χ0n) is 10.5. The van der Waals surface area contributed by atoms with E-state index >= 15 is 0 Å². The molecule has 0 amide bonds. The van der Waals surface area contributed by atoms with Gasteiger partial charge in [-0.25, -0.2) is 0 Å². The van der Waals surface area contributed by atoms with Crippen LogP contribution in [-0.4, -0.2) is 6.61 Å². The monoisotopic (exact) mass is 245 g/mol. The van der Waals surface area contributed by atoms with Crippen molar-refractivity contribution in [3.8, 4) is 0 Å². The molecule has 0 radical (unpaired) electrons. The van der Waals surface area contributed by atoms with Gasteiger partial charge in [-0.2, -0.15) is 0 Å². The first-order chi connectivity index (χ1) is 8.88. The lowest BCUT2D eigenvalue weighted by molar-refractivity contribution is 0.114. The number of benzene rings is 1. The third-order valence-corrected chi connectivity index (χ3v) is 3.58. The lowest BCUT2D eigenvalue weighted by Crippen LogP contribution is -2.02. The molecule has 0 atom stereocenters. The van der Waals surface area contributed by atoms with Crippen molar-refractivity contribution in [1.29, 1.82) is 0 Å². The highest BCUT2D eigenvalue weighted by molar-refractivity contribution is 5.82. The van der Waals surface area contributed by atoms with Gasteiger partial charge in [-0.3, -0.25) is 0 Å². The molecule has 0 bridgehead atoms. The van der Waals surface area contributed by atoms with E-state index in [0.717, 1.165) is 34.8 Å². The summed E-state index contributed by atoms with van der Waals surface area (Å²) in [5.41, 5.74) is 7.74. The fourth-order valence-corrected chi connectivity index (χ4v) is 2.30. The normalized spacial score (nSPS) is 15.4. The fraction of sp³-hybridized carbons (Fsp3) is 0.467. The van der Waals surface area contributed by atoms with Crippen LogP contribution < -0.4 is 5.73 Å². The maximum absolute atomic E-state index is 5.76. The molecule has 0 saturated heterocycles. The van der Waals surface area contributed by atoms with E-state index in [1.54, 1.807) is 0 Å². The van der Waals surface area contributed by atoms with E-state index in [0.29, 0.717) is 13.2 Å². The summed E-state index contributed by atoms with van der Waals surface area (Å²) in [5.74, 6) is 1.77. The number of hydrogen-bond acceptors (Lipinski definition) is 3. The highest BCUT2D eigenvalue weighted by Crippen LogP contribution is 2.32. The maximum Gasteiger partial charge on any atom is 0.134 e. The minimum absolute atomic E-state index is 0.427. The zero-order valence-corrected chi connectivity index (χ0v) is 10.5. The Morgan fingerprint density at radius 1 is 1.28 bits per heavy atom. The second kappa shape index (κ2) is 5.12. The quantitative estimate of drug-likeness (QED) is 0.795. The Labute approximate surface area is 107 Å². The minimum atomic E-state index is 0.427. The van der Waals surface area contributed by atoms with Crippen molar-refractivity contribution >= 4 is 11.0 Å². The molecule has 18 heavy (non-hydrogen) atoms.